The Balaban J connectivity index is 1.24. The second kappa shape index (κ2) is 12.3. The van der Waals surface area contributed by atoms with Crippen LogP contribution in [-0.4, -0.2) is 63.7 Å². The van der Waals surface area contributed by atoms with Crippen molar-refractivity contribution in [3.05, 3.63) is 120 Å². The van der Waals surface area contributed by atoms with Gasteiger partial charge in [0.05, 0.1) is 17.3 Å². The first-order valence-corrected chi connectivity index (χ1v) is 14.3. The summed E-state index contributed by atoms with van der Waals surface area (Å²) < 4.78 is 8.23. The highest BCUT2D eigenvalue weighted by molar-refractivity contribution is 5.94. The molecule has 0 aliphatic carbocycles. The Morgan fingerprint density at radius 3 is 2.21 bits per heavy atom. The third-order valence-corrected chi connectivity index (χ3v) is 7.79. The molecule has 1 aliphatic heterocycles. The summed E-state index contributed by atoms with van der Waals surface area (Å²) in [6.45, 7) is 5.43. The van der Waals surface area contributed by atoms with Gasteiger partial charge in [-0.1, -0.05) is 66.7 Å². The van der Waals surface area contributed by atoms with Crippen molar-refractivity contribution in [1.29, 1.82) is 5.26 Å². The lowest BCUT2D eigenvalue weighted by Gasteiger charge is -2.32. The molecule has 0 bridgehead atoms. The summed E-state index contributed by atoms with van der Waals surface area (Å²) in [4.78, 5) is 17.1. The Hall–Kier alpha value is -5.26. The molecule has 0 atom stereocenters. The fourth-order valence-electron chi connectivity index (χ4n) is 5.26. The molecule has 0 radical (unpaired) electrons. The zero-order valence-electron chi connectivity index (χ0n) is 24.3. The third kappa shape index (κ3) is 6.03. The first kappa shape index (κ1) is 27.9. The standard InChI is InChI=1S/C35H32N6O2/c1-25-37-38-34(30-15-13-29(14-16-30)28-6-4-3-5-7-28)41(25)32-22-27(23-36)10-17-33(32)43-24-26-8-11-31(12-9-26)35(42)40-20-18-39(2)19-21-40/h3-17,22H,18-21,24H2,1-2H3. The number of rotatable bonds is 7. The molecule has 1 saturated heterocycles. The summed E-state index contributed by atoms with van der Waals surface area (Å²) >= 11 is 0. The molecule has 0 saturated carbocycles. The Morgan fingerprint density at radius 2 is 1.51 bits per heavy atom. The van der Waals surface area contributed by atoms with E-state index in [2.05, 4.69) is 52.5 Å². The SMILES string of the molecule is Cc1nnc(-c2ccc(-c3ccccc3)cc2)n1-c1cc(C#N)ccc1OCc1ccc(C(=O)N2CCN(C)CC2)cc1. The number of hydrogen-bond donors (Lipinski definition) is 0. The van der Waals surface area contributed by atoms with Gasteiger partial charge in [-0.05, 0) is 61.0 Å². The molecule has 6 rings (SSSR count). The molecule has 43 heavy (non-hydrogen) atoms. The van der Waals surface area contributed by atoms with E-state index in [1.807, 2.05) is 71.0 Å². The minimum absolute atomic E-state index is 0.0577. The number of amides is 1. The van der Waals surface area contributed by atoms with E-state index in [1.54, 1.807) is 18.2 Å². The van der Waals surface area contributed by atoms with E-state index in [-0.39, 0.29) is 5.91 Å². The van der Waals surface area contributed by atoms with Crippen LogP contribution in [0.2, 0.25) is 0 Å². The second-order valence-corrected chi connectivity index (χ2v) is 10.7. The summed E-state index contributed by atoms with van der Waals surface area (Å²) in [5.74, 6) is 1.99. The van der Waals surface area contributed by atoms with E-state index in [9.17, 15) is 10.1 Å². The van der Waals surface area contributed by atoms with Gasteiger partial charge >= 0.3 is 0 Å². The van der Waals surface area contributed by atoms with Gasteiger partial charge in [0.25, 0.3) is 5.91 Å². The van der Waals surface area contributed by atoms with Gasteiger partial charge < -0.3 is 14.5 Å². The highest BCUT2D eigenvalue weighted by Gasteiger charge is 2.21. The van der Waals surface area contributed by atoms with Gasteiger partial charge in [0.15, 0.2) is 5.82 Å². The molecule has 214 valence electrons. The van der Waals surface area contributed by atoms with Gasteiger partial charge in [-0.2, -0.15) is 5.26 Å². The van der Waals surface area contributed by atoms with Crippen LogP contribution in [0.15, 0.2) is 97.1 Å². The molecule has 0 N–H and O–H groups in total. The zero-order chi connectivity index (χ0) is 29.8. The number of carbonyl (C=O) groups is 1. The van der Waals surface area contributed by atoms with Gasteiger partial charge in [0.2, 0.25) is 0 Å². The van der Waals surface area contributed by atoms with Crippen LogP contribution in [0.3, 0.4) is 0 Å². The van der Waals surface area contributed by atoms with Crippen LogP contribution in [0, 0.1) is 18.3 Å². The summed E-state index contributed by atoms with van der Waals surface area (Å²) in [5.41, 5.74) is 5.95. The van der Waals surface area contributed by atoms with Crippen molar-refractivity contribution >= 4 is 5.91 Å². The maximum absolute atomic E-state index is 12.9. The largest absolute Gasteiger partial charge is 0.487 e. The molecule has 1 aliphatic rings. The number of benzene rings is 4. The van der Waals surface area contributed by atoms with E-state index in [0.29, 0.717) is 40.8 Å². The summed E-state index contributed by atoms with van der Waals surface area (Å²) in [7, 11) is 2.07. The Labute approximate surface area is 251 Å². The lowest BCUT2D eigenvalue weighted by molar-refractivity contribution is 0.0664. The predicted octanol–water partition coefficient (Wildman–Crippen LogP) is 5.75. The van der Waals surface area contributed by atoms with Crippen molar-refractivity contribution in [2.24, 2.45) is 0 Å². The lowest BCUT2D eigenvalue weighted by atomic mass is 10.0. The first-order valence-electron chi connectivity index (χ1n) is 14.3. The van der Waals surface area contributed by atoms with Crippen LogP contribution in [0.5, 0.6) is 5.75 Å². The van der Waals surface area contributed by atoms with Crippen LogP contribution in [0.1, 0.15) is 27.3 Å². The third-order valence-electron chi connectivity index (χ3n) is 7.79. The Kier molecular flexibility index (Phi) is 7.98. The summed E-state index contributed by atoms with van der Waals surface area (Å²) in [6, 6.07) is 33.6. The highest BCUT2D eigenvalue weighted by Crippen LogP contribution is 2.32. The molecule has 5 aromatic rings. The number of ether oxygens (including phenoxy) is 1. The number of aryl methyl sites for hydroxylation is 1. The second-order valence-electron chi connectivity index (χ2n) is 10.7. The van der Waals surface area contributed by atoms with Crippen molar-refractivity contribution in [2.75, 3.05) is 33.2 Å². The molecule has 4 aromatic carbocycles. The maximum Gasteiger partial charge on any atom is 0.253 e. The topological polar surface area (TPSA) is 87.3 Å². The summed E-state index contributed by atoms with van der Waals surface area (Å²) in [5, 5.41) is 18.5. The zero-order valence-corrected chi connectivity index (χ0v) is 24.3. The molecule has 8 heteroatoms. The highest BCUT2D eigenvalue weighted by atomic mass is 16.5. The van der Waals surface area contributed by atoms with E-state index >= 15 is 0 Å². The van der Waals surface area contributed by atoms with E-state index in [4.69, 9.17) is 4.74 Å². The number of aromatic nitrogens is 3. The normalized spacial score (nSPS) is 13.5. The first-order chi connectivity index (χ1) is 21.0. The van der Waals surface area contributed by atoms with Gasteiger partial charge in [-0.3, -0.25) is 9.36 Å². The summed E-state index contributed by atoms with van der Waals surface area (Å²) in [6.07, 6.45) is 0. The van der Waals surface area contributed by atoms with Crippen molar-refractivity contribution in [3.63, 3.8) is 0 Å². The molecule has 0 spiro atoms. The maximum atomic E-state index is 12.9. The van der Waals surface area contributed by atoms with Crippen LogP contribution < -0.4 is 4.74 Å². The van der Waals surface area contributed by atoms with Crippen LogP contribution in [0.25, 0.3) is 28.2 Å². The average molecular weight is 569 g/mol. The predicted molar refractivity (Wildman–Crippen MR) is 166 cm³/mol. The van der Waals surface area contributed by atoms with Gasteiger partial charge in [-0.15, -0.1) is 10.2 Å². The molecule has 8 nitrogen and oxygen atoms in total. The Bertz CT molecular complexity index is 1760. The number of likely N-dealkylation sites (N-methyl/N-ethyl adjacent to an activating group) is 1. The van der Waals surface area contributed by atoms with Gasteiger partial charge in [0, 0.05) is 37.3 Å². The van der Waals surface area contributed by atoms with Gasteiger partial charge in [0.1, 0.15) is 18.2 Å². The van der Waals surface area contributed by atoms with Crippen molar-refractivity contribution in [3.8, 4) is 40.0 Å². The molecule has 2 heterocycles. The minimum Gasteiger partial charge on any atom is -0.487 e. The van der Waals surface area contributed by atoms with Crippen LogP contribution in [-0.2, 0) is 6.61 Å². The molecule has 1 fully saturated rings. The van der Waals surface area contributed by atoms with Crippen molar-refractivity contribution < 1.29 is 9.53 Å². The van der Waals surface area contributed by atoms with E-state index in [1.165, 1.54) is 0 Å². The van der Waals surface area contributed by atoms with Crippen LogP contribution in [0.4, 0.5) is 0 Å². The lowest BCUT2D eigenvalue weighted by Crippen LogP contribution is -2.47. The van der Waals surface area contributed by atoms with Gasteiger partial charge in [-0.25, -0.2) is 0 Å². The van der Waals surface area contributed by atoms with Crippen molar-refractivity contribution in [1.82, 2.24) is 24.6 Å². The molecule has 1 amide bonds. The molecule has 1 aromatic heterocycles. The number of piperazine rings is 1. The monoisotopic (exact) mass is 568 g/mol. The van der Waals surface area contributed by atoms with E-state index < -0.39 is 0 Å². The minimum atomic E-state index is 0.0577. The number of nitriles is 1. The smallest absolute Gasteiger partial charge is 0.253 e. The molecule has 0 unspecified atom stereocenters. The number of nitrogens with zero attached hydrogens (tertiary/aromatic N) is 6. The molecular weight excluding hydrogens is 536 g/mol. The van der Waals surface area contributed by atoms with E-state index in [0.717, 1.165) is 48.4 Å². The Morgan fingerprint density at radius 1 is 0.837 bits per heavy atom. The van der Waals surface area contributed by atoms with Crippen molar-refractivity contribution in [2.45, 2.75) is 13.5 Å². The fourth-order valence-corrected chi connectivity index (χ4v) is 5.26. The fraction of sp³-hybridized carbons (Fsp3) is 0.200. The molecular formula is C35H32N6O2. The van der Waals surface area contributed by atoms with Crippen LogP contribution >= 0.6 is 0 Å². The number of hydrogen-bond acceptors (Lipinski definition) is 6. The number of carbonyl (C=O) groups excluding carboxylic acids is 1. The quantitative estimate of drug-likeness (QED) is 0.249. The average Bonchev–Trinajstić information content (AvgIpc) is 3.45.